The van der Waals surface area contributed by atoms with Crippen LogP contribution in [-0.2, 0) is 4.79 Å². The zero-order valence-corrected chi connectivity index (χ0v) is 13.7. The molecule has 0 fully saturated rings. The molecule has 19 heavy (non-hydrogen) atoms. The largest absolute Gasteiger partial charge is 0.481 e. The van der Waals surface area contributed by atoms with Gasteiger partial charge < -0.3 is 10.2 Å². The number of aliphatic carboxylic acids is 1. The molecule has 0 aromatic rings. The number of carboxylic acid groups (broad SMARTS) is 1. The van der Waals surface area contributed by atoms with Crippen molar-refractivity contribution in [2.45, 2.75) is 59.8 Å². The van der Waals surface area contributed by atoms with Crippen molar-refractivity contribution in [1.29, 1.82) is 0 Å². The van der Waals surface area contributed by atoms with Crippen LogP contribution >= 0.6 is 11.8 Å². The number of hydrogen-bond donors (Lipinski definition) is 2. The highest BCUT2D eigenvalue weighted by atomic mass is 32.2. The summed E-state index contributed by atoms with van der Waals surface area (Å²) in [4.78, 5) is 11.0. The molecule has 0 saturated carbocycles. The van der Waals surface area contributed by atoms with Gasteiger partial charge in [0.15, 0.2) is 0 Å². The molecule has 0 amide bonds. The quantitative estimate of drug-likeness (QED) is 0.568. The topological polar surface area (TPSA) is 57.5 Å². The van der Waals surface area contributed by atoms with E-state index >= 15 is 0 Å². The minimum atomic E-state index is -0.698. The summed E-state index contributed by atoms with van der Waals surface area (Å²) in [7, 11) is 0. The van der Waals surface area contributed by atoms with Gasteiger partial charge in [-0.25, -0.2) is 0 Å². The predicted octanol–water partition coefficient (Wildman–Crippen LogP) is 3.80. The van der Waals surface area contributed by atoms with Gasteiger partial charge in [0.2, 0.25) is 0 Å². The van der Waals surface area contributed by atoms with Gasteiger partial charge in [0.1, 0.15) is 0 Å². The molecule has 0 spiro atoms. The summed E-state index contributed by atoms with van der Waals surface area (Å²) in [6.45, 7) is 8.87. The van der Waals surface area contributed by atoms with Crippen LogP contribution in [0.25, 0.3) is 0 Å². The Morgan fingerprint density at radius 3 is 2.16 bits per heavy atom. The Labute approximate surface area is 122 Å². The molecule has 2 N–H and O–H groups in total. The van der Waals surface area contributed by atoms with Gasteiger partial charge in [0.25, 0.3) is 0 Å². The summed E-state index contributed by atoms with van der Waals surface area (Å²) in [6.07, 6.45) is 4.00. The van der Waals surface area contributed by atoms with Gasteiger partial charge >= 0.3 is 5.97 Å². The SMILES string of the molecule is CCC(C)(CSCCCO)CC(C)(CC)CC(=O)O. The van der Waals surface area contributed by atoms with Crippen molar-refractivity contribution in [2.24, 2.45) is 10.8 Å². The van der Waals surface area contributed by atoms with Crippen molar-refractivity contribution in [3.8, 4) is 0 Å². The third-order valence-electron chi connectivity index (χ3n) is 4.04. The van der Waals surface area contributed by atoms with Crippen LogP contribution in [0, 0.1) is 10.8 Å². The van der Waals surface area contributed by atoms with Crippen molar-refractivity contribution < 1.29 is 15.0 Å². The van der Waals surface area contributed by atoms with E-state index in [0.29, 0.717) is 0 Å². The molecular weight excluding hydrogens is 260 g/mol. The number of carbonyl (C=O) groups is 1. The first kappa shape index (κ1) is 18.8. The van der Waals surface area contributed by atoms with E-state index in [1.807, 2.05) is 11.8 Å². The highest BCUT2D eigenvalue weighted by molar-refractivity contribution is 7.99. The Kier molecular flexibility index (Phi) is 8.75. The molecule has 0 aromatic heterocycles. The van der Waals surface area contributed by atoms with Crippen molar-refractivity contribution in [3.05, 3.63) is 0 Å². The maximum atomic E-state index is 11.0. The van der Waals surface area contributed by atoms with Gasteiger partial charge in [-0.05, 0) is 41.6 Å². The number of rotatable bonds is 11. The van der Waals surface area contributed by atoms with E-state index in [0.717, 1.165) is 37.2 Å². The normalized spacial score (nSPS) is 17.7. The molecule has 0 aliphatic carbocycles. The Morgan fingerprint density at radius 1 is 1.16 bits per heavy atom. The standard InChI is InChI=1S/C15H30O3S/c1-5-14(3,10-13(17)18)11-15(4,6-2)12-19-9-7-8-16/h16H,5-12H2,1-4H3,(H,17,18). The van der Waals surface area contributed by atoms with E-state index in [-0.39, 0.29) is 23.9 Å². The molecule has 0 bridgehead atoms. The van der Waals surface area contributed by atoms with E-state index in [1.165, 1.54) is 0 Å². The minimum absolute atomic E-state index is 0.117. The molecule has 2 unspecified atom stereocenters. The molecular formula is C15H30O3S. The summed E-state index contributed by atoms with van der Waals surface area (Å²) in [5.74, 6) is 1.32. The van der Waals surface area contributed by atoms with E-state index < -0.39 is 5.97 Å². The number of hydrogen-bond acceptors (Lipinski definition) is 3. The molecule has 0 aliphatic rings. The van der Waals surface area contributed by atoms with Gasteiger partial charge in [0.05, 0.1) is 6.42 Å². The summed E-state index contributed by atoms with van der Waals surface area (Å²) in [5.41, 5.74) is 0.0640. The second kappa shape index (κ2) is 8.85. The van der Waals surface area contributed by atoms with Crippen LogP contribution in [-0.4, -0.2) is 34.3 Å². The van der Waals surface area contributed by atoms with E-state index in [4.69, 9.17) is 10.2 Å². The third-order valence-corrected chi connectivity index (χ3v) is 5.51. The first-order valence-corrected chi connectivity index (χ1v) is 8.37. The lowest BCUT2D eigenvalue weighted by atomic mass is 9.69. The lowest BCUT2D eigenvalue weighted by molar-refractivity contribution is -0.140. The smallest absolute Gasteiger partial charge is 0.303 e. The van der Waals surface area contributed by atoms with Crippen LogP contribution in [0.4, 0.5) is 0 Å². The van der Waals surface area contributed by atoms with Gasteiger partial charge in [-0.1, -0.05) is 34.1 Å². The van der Waals surface area contributed by atoms with Gasteiger partial charge in [0, 0.05) is 6.61 Å². The number of aliphatic hydroxyl groups excluding tert-OH is 1. The Balaban J connectivity index is 4.51. The molecule has 0 aliphatic heterocycles. The van der Waals surface area contributed by atoms with Gasteiger partial charge in [-0.3, -0.25) is 4.79 Å². The lowest BCUT2D eigenvalue weighted by Gasteiger charge is -2.38. The van der Waals surface area contributed by atoms with E-state index in [2.05, 4.69) is 27.7 Å². The van der Waals surface area contributed by atoms with Crippen LogP contribution in [0.5, 0.6) is 0 Å². The second-order valence-electron chi connectivity index (χ2n) is 6.21. The molecule has 2 atom stereocenters. The van der Waals surface area contributed by atoms with Gasteiger partial charge in [-0.2, -0.15) is 11.8 Å². The first-order valence-electron chi connectivity index (χ1n) is 7.21. The Morgan fingerprint density at radius 2 is 1.74 bits per heavy atom. The molecule has 0 radical (unpaired) electrons. The van der Waals surface area contributed by atoms with Gasteiger partial charge in [-0.15, -0.1) is 0 Å². The first-order chi connectivity index (χ1) is 8.81. The molecule has 4 heteroatoms. The van der Waals surface area contributed by atoms with E-state index in [1.54, 1.807) is 0 Å². The summed E-state index contributed by atoms with van der Waals surface area (Å²) in [5, 5.41) is 17.9. The zero-order chi connectivity index (χ0) is 14.9. The van der Waals surface area contributed by atoms with Crippen LogP contribution in [0.1, 0.15) is 59.8 Å². The molecule has 114 valence electrons. The molecule has 3 nitrogen and oxygen atoms in total. The fourth-order valence-corrected chi connectivity index (χ4v) is 3.75. The van der Waals surface area contributed by atoms with Crippen molar-refractivity contribution in [1.82, 2.24) is 0 Å². The highest BCUT2D eigenvalue weighted by Crippen LogP contribution is 2.42. The maximum absolute atomic E-state index is 11.0. The van der Waals surface area contributed by atoms with Crippen LogP contribution < -0.4 is 0 Å². The number of aliphatic hydroxyl groups is 1. The summed E-state index contributed by atoms with van der Waals surface area (Å²) in [6, 6.07) is 0. The highest BCUT2D eigenvalue weighted by Gasteiger charge is 2.34. The fourth-order valence-electron chi connectivity index (χ4n) is 2.47. The van der Waals surface area contributed by atoms with Crippen LogP contribution in [0.3, 0.4) is 0 Å². The second-order valence-corrected chi connectivity index (χ2v) is 7.31. The Bertz CT molecular complexity index is 270. The van der Waals surface area contributed by atoms with E-state index in [9.17, 15) is 4.79 Å². The summed E-state index contributed by atoms with van der Waals surface area (Å²) < 4.78 is 0. The van der Waals surface area contributed by atoms with Crippen molar-refractivity contribution in [3.63, 3.8) is 0 Å². The number of carboxylic acids is 1. The monoisotopic (exact) mass is 290 g/mol. The summed E-state index contributed by atoms with van der Waals surface area (Å²) >= 11 is 1.87. The zero-order valence-electron chi connectivity index (χ0n) is 12.9. The number of thioether (sulfide) groups is 1. The molecule has 0 heterocycles. The average Bonchev–Trinajstić information content (AvgIpc) is 2.34. The fraction of sp³-hybridized carbons (Fsp3) is 0.933. The van der Waals surface area contributed by atoms with Crippen molar-refractivity contribution in [2.75, 3.05) is 18.1 Å². The Hall–Kier alpha value is -0.220. The molecule has 0 saturated heterocycles. The maximum Gasteiger partial charge on any atom is 0.303 e. The predicted molar refractivity (Wildman–Crippen MR) is 82.7 cm³/mol. The molecule has 0 aromatic carbocycles. The van der Waals surface area contributed by atoms with Crippen molar-refractivity contribution >= 4 is 17.7 Å². The minimum Gasteiger partial charge on any atom is -0.481 e. The van der Waals surface area contributed by atoms with Crippen LogP contribution in [0.2, 0.25) is 0 Å². The third kappa shape index (κ3) is 7.83. The average molecular weight is 290 g/mol. The lowest BCUT2D eigenvalue weighted by Crippen LogP contribution is -2.31. The van der Waals surface area contributed by atoms with Crippen LogP contribution in [0.15, 0.2) is 0 Å². The molecule has 0 rings (SSSR count).